The fraction of sp³-hybridized carbons (Fsp3) is 0.562. The highest BCUT2D eigenvalue weighted by molar-refractivity contribution is 8.29. The molecule has 0 aromatic heterocycles. The topological polar surface area (TPSA) is 23.8 Å². The van der Waals surface area contributed by atoms with E-state index >= 15 is 0 Å². The van der Waals surface area contributed by atoms with E-state index in [0.717, 1.165) is 22.2 Å². The molecule has 0 atom stereocenters. The summed E-state index contributed by atoms with van der Waals surface area (Å²) in [6, 6.07) is 10.3. The third-order valence-corrected chi connectivity index (χ3v) is 16.3. The van der Waals surface area contributed by atoms with Crippen LogP contribution in [0.25, 0.3) is 0 Å². The molecule has 0 spiro atoms. The van der Waals surface area contributed by atoms with E-state index < -0.39 is 7.22 Å². The summed E-state index contributed by atoms with van der Waals surface area (Å²) in [5.41, 5.74) is 2.98. The maximum atomic E-state index is 8.88. The first-order valence-electron chi connectivity index (χ1n) is 7.03. The SMILES string of the molecule is CC(C)[Si](Sc1ccc(C#N)cc1)(C(C)C)C(C)C. The minimum atomic E-state index is -1.46. The lowest BCUT2D eigenvalue weighted by Crippen LogP contribution is -2.40. The molecule has 0 heterocycles. The van der Waals surface area contributed by atoms with Crippen molar-refractivity contribution in [3.05, 3.63) is 29.8 Å². The van der Waals surface area contributed by atoms with Gasteiger partial charge in [-0.3, -0.25) is 0 Å². The molecule has 1 aromatic rings. The standard InChI is InChI=1S/C16H25NSSi/c1-12(2)19(13(3)4,14(5)6)18-16-9-7-15(11-17)8-10-16/h7-10,12-14H,1-6H3. The molecule has 0 unspecified atom stereocenters. The first kappa shape index (κ1) is 16.3. The molecule has 1 nitrogen and oxygen atoms in total. The van der Waals surface area contributed by atoms with Gasteiger partial charge in [-0.2, -0.15) is 16.5 Å². The molecule has 3 heteroatoms. The van der Waals surface area contributed by atoms with Gasteiger partial charge in [0.1, 0.15) is 7.22 Å². The maximum Gasteiger partial charge on any atom is 0.131 e. The van der Waals surface area contributed by atoms with Crippen LogP contribution in [0.3, 0.4) is 0 Å². The van der Waals surface area contributed by atoms with E-state index in [2.05, 4.69) is 71.0 Å². The van der Waals surface area contributed by atoms with Gasteiger partial charge in [-0.05, 0) is 40.9 Å². The molecule has 1 aromatic carbocycles. The molecule has 0 radical (unpaired) electrons. The largest absolute Gasteiger partial charge is 0.192 e. The van der Waals surface area contributed by atoms with Gasteiger partial charge in [0.05, 0.1) is 11.6 Å². The molecule has 104 valence electrons. The van der Waals surface area contributed by atoms with Crippen LogP contribution in [-0.4, -0.2) is 7.22 Å². The molecule has 19 heavy (non-hydrogen) atoms. The zero-order valence-electron chi connectivity index (χ0n) is 12.9. The second-order valence-corrected chi connectivity index (χ2v) is 14.6. The number of rotatable bonds is 5. The van der Waals surface area contributed by atoms with Gasteiger partial charge in [0.25, 0.3) is 0 Å². The maximum absolute atomic E-state index is 8.88. The van der Waals surface area contributed by atoms with Crippen LogP contribution in [0.4, 0.5) is 0 Å². The third-order valence-electron chi connectivity index (χ3n) is 3.99. The van der Waals surface area contributed by atoms with Crippen LogP contribution >= 0.6 is 11.2 Å². The van der Waals surface area contributed by atoms with E-state index in [-0.39, 0.29) is 0 Å². The van der Waals surface area contributed by atoms with Crippen LogP contribution < -0.4 is 0 Å². The van der Waals surface area contributed by atoms with Gasteiger partial charge in [0, 0.05) is 4.90 Å². The van der Waals surface area contributed by atoms with Gasteiger partial charge >= 0.3 is 0 Å². The lowest BCUT2D eigenvalue weighted by molar-refractivity contribution is 0.851. The number of nitrogens with zero attached hydrogens (tertiary/aromatic N) is 1. The van der Waals surface area contributed by atoms with Gasteiger partial charge in [0.15, 0.2) is 0 Å². The first-order chi connectivity index (χ1) is 8.84. The molecule has 0 aliphatic rings. The lowest BCUT2D eigenvalue weighted by atomic mass is 10.2. The molecular weight excluding hydrogens is 266 g/mol. The highest BCUT2D eigenvalue weighted by Crippen LogP contribution is 2.51. The Morgan fingerprint density at radius 2 is 1.32 bits per heavy atom. The van der Waals surface area contributed by atoms with Crippen LogP contribution in [0.5, 0.6) is 0 Å². The molecule has 0 N–H and O–H groups in total. The molecule has 1 rings (SSSR count). The minimum Gasteiger partial charge on any atom is -0.192 e. The minimum absolute atomic E-state index is 0.744. The average Bonchev–Trinajstić information content (AvgIpc) is 2.35. The zero-order valence-corrected chi connectivity index (χ0v) is 14.7. The normalized spacial score (nSPS) is 12.2. The van der Waals surface area contributed by atoms with E-state index in [1.165, 1.54) is 4.90 Å². The van der Waals surface area contributed by atoms with E-state index in [4.69, 9.17) is 5.26 Å². The van der Waals surface area contributed by atoms with Gasteiger partial charge in [-0.1, -0.05) is 41.5 Å². The Morgan fingerprint density at radius 3 is 1.63 bits per heavy atom. The highest BCUT2D eigenvalue weighted by atomic mass is 32.4. The number of benzene rings is 1. The quantitative estimate of drug-likeness (QED) is 0.638. The van der Waals surface area contributed by atoms with Crippen molar-refractivity contribution in [2.45, 2.75) is 63.1 Å². The van der Waals surface area contributed by atoms with Crippen molar-refractivity contribution in [2.24, 2.45) is 0 Å². The van der Waals surface area contributed by atoms with Crippen molar-refractivity contribution in [2.75, 3.05) is 0 Å². The fourth-order valence-corrected chi connectivity index (χ4v) is 12.3. The molecule has 0 saturated carbocycles. The highest BCUT2D eigenvalue weighted by Gasteiger charge is 2.43. The second kappa shape index (κ2) is 6.63. The summed E-state index contributed by atoms with van der Waals surface area (Å²) in [4.78, 5) is 1.32. The Hall–Kier alpha value is -0.723. The Morgan fingerprint density at radius 1 is 0.895 bits per heavy atom. The van der Waals surface area contributed by atoms with Crippen molar-refractivity contribution in [3.8, 4) is 6.07 Å². The van der Waals surface area contributed by atoms with Crippen molar-refractivity contribution in [3.63, 3.8) is 0 Å². The molecule has 0 fully saturated rings. The van der Waals surface area contributed by atoms with Gasteiger partial charge < -0.3 is 0 Å². The van der Waals surface area contributed by atoms with E-state index in [1.54, 1.807) is 0 Å². The fourth-order valence-electron chi connectivity index (χ4n) is 3.16. The molecule has 0 saturated heterocycles. The van der Waals surface area contributed by atoms with Gasteiger partial charge in [0.2, 0.25) is 0 Å². The number of hydrogen-bond acceptors (Lipinski definition) is 2. The predicted molar refractivity (Wildman–Crippen MR) is 88.1 cm³/mol. The summed E-state index contributed by atoms with van der Waals surface area (Å²) >= 11 is 2.11. The first-order valence-corrected chi connectivity index (χ1v) is 10.8. The smallest absolute Gasteiger partial charge is 0.131 e. The summed E-state index contributed by atoms with van der Waals surface area (Å²) in [5, 5.41) is 8.88. The van der Waals surface area contributed by atoms with Gasteiger partial charge in [-0.25, -0.2) is 0 Å². The Kier molecular flexibility index (Phi) is 5.70. The average molecular weight is 292 g/mol. The number of nitriles is 1. The summed E-state index contributed by atoms with van der Waals surface area (Å²) in [6.07, 6.45) is 0. The Bertz CT molecular complexity index is 421. The van der Waals surface area contributed by atoms with Crippen LogP contribution in [0.15, 0.2) is 29.2 Å². The zero-order chi connectivity index (χ0) is 14.6. The van der Waals surface area contributed by atoms with Crippen LogP contribution in [0.1, 0.15) is 47.1 Å². The van der Waals surface area contributed by atoms with Crippen molar-refractivity contribution < 1.29 is 0 Å². The molecular formula is C16H25NSSi. The summed E-state index contributed by atoms with van der Waals surface area (Å²) in [7, 11) is -1.46. The second-order valence-electron chi connectivity index (χ2n) is 6.06. The molecule has 0 amide bonds. The summed E-state index contributed by atoms with van der Waals surface area (Å²) in [6.45, 7) is 14.3. The lowest BCUT2D eigenvalue weighted by Gasteiger charge is -2.42. The van der Waals surface area contributed by atoms with Crippen molar-refractivity contribution >= 4 is 18.4 Å². The molecule has 0 aliphatic heterocycles. The van der Waals surface area contributed by atoms with Crippen LogP contribution in [-0.2, 0) is 0 Å². The Balaban J connectivity index is 3.10. The van der Waals surface area contributed by atoms with Crippen LogP contribution in [0, 0.1) is 11.3 Å². The van der Waals surface area contributed by atoms with E-state index in [9.17, 15) is 0 Å². The molecule has 0 bridgehead atoms. The third kappa shape index (κ3) is 3.43. The van der Waals surface area contributed by atoms with Crippen LogP contribution in [0.2, 0.25) is 16.6 Å². The molecule has 0 aliphatic carbocycles. The summed E-state index contributed by atoms with van der Waals surface area (Å²) < 4.78 is 0. The van der Waals surface area contributed by atoms with E-state index in [1.807, 2.05) is 12.1 Å². The van der Waals surface area contributed by atoms with E-state index in [0.29, 0.717) is 0 Å². The number of hydrogen-bond donors (Lipinski definition) is 0. The Labute approximate surface area is 123 Å². The predicted octanol–water partition coefficient (Wildman–Crippen LogP) is 5.83. The van der Waals surface area contributed by atoms with Gasteiger partial charge in [-0.15, -0.1) is 0 Å². The van der Waals surface area contributed by atoms with Crippen molar-refractivity contribution in [1.29, 1.82) is 5.26 Å². The van der Waals surface area contributed by atoms with Crippen molar-refractivity contribution in [1.82, 2.24) is 0 Å². The summed E-state index contributed by atoms with van der Waals surface area (Å²) in [5.74, 6) is 0. The monoisotopic (exact) mass is 291 g/mol.